The number of methoxy groups -OCH3 is 2. The number of ether oxygens (including phenoxy) is 2. The summed E-state index contributed by atoms with van der Waals surface area (Å²) in [4.78, 5) is 0. The lowest BCUT2D eigenvalue weighted by atomic mass is 9.44. The minimum absolute atomic E-state index is 0.0710. The van der Waals surface area contributed by atoms with Crippen molar-refractivity contribution in [2.24, 2.45) is 39.9 Å². The summed E-state index contributed by atoms with van der Waals surface area (Å²) in [6.45, 7) is 18.4. The quantitative estimate of drug-likeness (QED) is 0.238. The van der Waals surface area contributed by atoms with Crippen LogP contribution in [0.2, 0.25) is 0 Å². The van der Waals surface area contributed by atoms with Crippen LogP contribution in [-0.2, 0) is 9.47 Å². The van der Waals surface area contributed by atoms with E-state index in [-0.39, 0.29) is 28.6 Å². The van der Waals surface area contributed by atoms with Crippen molar-refractivity contribution >= 4 is 0 Å². The van der Waals surface area contributed by atoms with Gasteiger partial charge < -0.3 is 19.7 Å². The highest BCUT2D eigenvalue weighted by molar-refractivity contribution is 5.38. The molecule has 7 atom stereocenters. The molecule has 0 aromatic carbocycles. The molecule has 2 N–H and O–H groups in total. The Morgan fingerprint density at radius 1 is 0.889 bits per heavy atom. The van der Waals surface area contributed by atoms with E-state index in [1.807, 2.05) is 0 Å². The Kier molecular flexibility index (Phi) is 9.19. The second-order valence-corrected chi connectivity index (χ2v) is 14.4. The molecular formula is C32H58O4. The normalized spacial score (nSPS) is 38.2. The van der Waals surface area contributed by atoms with Crippen molar-refractivity contribution in [1.82, 2.24) is 0 Å². The van der Waals surface area contributed by atoms with E-state index < -0.39 is 5.60 Å². The summed E-state index contributed by atoms with van der Waals surface area (Å²) in [5.41, 5.74) is 1.70. The molecule has 4 heteroatoms. The Hall–Kier alpha value is -0.420. The molecule has 0 heterocycles. The highest BCUT2D eigenvalue weighted by Crippen LogP contribution is 2.66. The number of rotatable bonds is 10. The highest BCUT2D eigenvalue weighted by atomic mass is 16.7. The molecule has 0 aromatic heterocycles. The van der Waals surface area contributed by atoms with Gasteiger partial charge in [0.1, 0.15) is 0 Å². The molecule has 3 rings (SSSR count). The third kappa shape index (κ3) is 5.10. The van der Waals surface area contributed by atoms with Gasteiger partial charge >= 0.3 is 0 Å². The average Bonchev–Trinajstić information content (AvgIpc) is 2.79. The van der Waals surface area contributed by atoms with E-state index in [9.17, 15) is 10.2 Å². The van der Waals surface area contributed by atoms with Crippen molar-refractivity contribution in [2.45, 2.75) is 138 Å². The van der Waals surface area contributed by atoms with Gasteiger partial charge in [0.15, 0.2) is 6.29 Å². The first-order valence-corrected chi connectivity index (χ1v) is 14.9. The van der Waals surface area contributed by atoms with Gasteiger partial charge in [-0.1, -0.05) is 73.3 Å². The Balaban J connectivity index is 1.99. The number of aliphatic hydroxyl groups is 2. The number of hydrogen-bond acceptors (Lipinski definition) is 4. The Bertz CT molecular complexity index is 779. The Morgan fingerprint density at radius 2 is 1.53 bits per heavy atom. The molecule has 4 nitrogen and oxygen atoms in total. The molecule has 0 bridgehead atoms. The third-order valence-corrected chi connectivity index (χ3v) is 11.7. The van der Waals surface area contributed by atoms with Gasteiger partial charge in [-0.05, 0) is 85.5 Å². The molecule has 0 saturated heterocycles. The molecule has 36 heavy (non-hydrogen) atoms. The minimum Gasteiger partial charge on any atom is -0.393 e. The molecule has 210 valence electrons. The maximum atomic E-state index is 12.6. The van der Waals surface area contributed by atoms with Crippen LogP contribution in [-0.4, -0.2) is 42.4 Å². The van der Waals surface area contributed by atoms with E-state index in [1.165, 1.54) is 30.4 Å². The molecule has 3 aliphatic rings. The summed E-state index contributed by atoms with van der Waals surface area (Å²) in [7, 11) is 3.47. The fourth-order valence-corrected chi connectivity index (χ4v) is 9.03. The van der Waals surface area contributed by atoms with Crippen molar-refractivity contribution in [3.63, 3.8) is 0 Å². The fraction of sp³-hybridized carbons (Fsp3) is 0.938. The smallest absolute Gasteiger partial charge is 0.157 e. The first-order chi connectivity index (χ1) is 16.7. The van der Waals surface area contributed by atoms with E-state index in [0.717, 1.165) is 50.9 Å². The number of hydrogen-bond donors (Lipinski definition) is 2. The van der Waals surface area contributed by atoms with Gasteiger partial charge in [-0.15, -0.1) is 0 Å². The zero-order valence-corrected chi connectivity index (χ0v) is 25.2. The topological polar surface area (TPSA) is 58.9 Å². The van der Waals surface area contributed by atoms with Gasteiger partial charge in [-0.25, -0.2) is 0 Å². The number of aliphatic hydroxyl groups excluding tert-OH is 1. The summed E-state index contributed by atoms with van der Waals surface area (Å²) in [6.07, 6.45) is 9.90. The molecule has 1 saturated carbocycles. The molecule has 0 spiro atoms. The van der Waals surface area contributed by atoms with Gasteiger partial charge in [0.2, 0.25) is 0 Å². The predicted molar refractivity (Wildman–Crippen MR) is 149 cm³/mol. The monoisotopic (exact) mass is 506 g/mol. The third-order valence-electron chi connectivity index (χ3n) is 11.7. The summed E-state index contributed by atoms with van der Waals surface area (Å²) < 4.78 is 11.4. The van der Waals surface area contributed by atoms with E-state index in [1.54, 1.807) is 14.2 Å². The lowest BCUT2D eigenvalue weighted by Gasteiger charge is -2.62. The standard InChI is InChI=1S/C32H58O4/c1-21(2)12-11-13-22(3)25(20-28(35-9)36-10)31(7)19-16-23-24(32(31,8)34)14-15-26-29(4,5)27(33)17-18-30(23,26)6/h21-22,25-28,33-34H,11-20H2,1-10H3/t22-,25-,26?,27+,30-,31-,32-/m1/s1. The number of allylic oxidation sites excluding steroid dienone is 1. The minimum atomic E-state index is -0.863. The van der Waals surface area contributed by atoms with Gasteiger partial charge in [0.25, 0.3) is 0 Å². The molecule has 0 aliphatic heterocycles. The van der Waals surface area contributed by atoms with E-state index in [4.69, 9.17) is 9.47 Å². The maximum absolute atomic E-state index is 12.6. The summed E-state index contributed by atoms with van der Waals surface area (Å²) in [6, 6.07) is 0. The van der Waals surface area contributed by atoms with Crippen LogP contribution in [0.1, 0.15) is 120 Å². The molecule has 3 aliphatic carbocycles. The largest absolute Gasteiger partial charge is 0.393 e. The second kappa shape index (κ2) is 11.0. The predicted octanol–water partition coefficient (Wildman–Crippen LogP) is 7.52. The molecule has 0 aromatic rings. The summed E-state index contributed by atoms with van der Waals surface area (Å²) in [5, 5.41) is 23.4. The van der Waals surface area contributed by atoms with Gasteiger partial charge in [-0.2, -0.15) is 0 Å². The van der Waals surface area contributed by atoms with E-state index in [2.05, 4.69) is 55.4 Å². The van der Waals surface area contributed by atoms with Crippen LogP contribution in [0.3, 0.4) is 0 Å². The van der Waals surface area contributed by atoms with Crippen molar-refractivity contribution in [1.29, 1.82) is 0 Å². The molecule has 0 radical (unpaired) electrons. The lowest BCUT2D eigenvalue weighted by Crippen LogP contribution is -2.59. The van der Waals surface area contributed by atoms with Crippen LogP contribution in [0.25, 0.3) is 0 Å². The number of fused-ring (bicyclic) bond motifs is 2. The lowest BCUT2D eigenvalue weighted by molar-refractivity contribution is -0.159. The summed E-state index contributed by atoms with van der Waals surface area (Å²) >= 11 is 0. The van der Waals surface area contributed by atoms with Crippen molar-refractivity contribution in [3.05, 3.63) is 11.1 Å². The Morgan fingerprint density at radius 3 is 2.11 bits per heavy atom. The second-order valence-electron chi connectivity index (χ2n) is 14.4. The van der Waals surface area contributed by atoms with Gasteiger partial charge in [0.05, 0.1) is 11.7 Å². The summed E-state index contributed by atoms with van der Waals surface area (Å²) in [5.74, 6) is 1.96. The Labute approximate surface area is 222 Å². The first kappa shape index (κ1) is 30.1. The van der Waals surface area contributed by atoms with Crippen LogP contribution in [0.15, 0.2) is 11.1 Å². The van der Waals surface area contributed by atoms with Gasteiger partial charge in [-0.3, -0.25) is 0 Å². The molecule has 0 amide bonds. The molecular weight excluding hydrogens is 448 g/mol. The van der Waals surface area contributed by atoms with Crippen LogP contribution < -0.4 is 0 Å². The van der Waals surface area contributed by atoms with E-state index in [0.29, 0.717) is 17.8 Å². The van der Waals surface area contributed by atoms with Crippen LogP contribution in [0.4, 0.5) is 0 Å². The molecule has 1 unspecified atom stereocenters. The van der Waals surface area contributed by atoms with E-state index >= 15 is 0 Å². The SMILES string of the molecule is COC(C[C@H]([C@H](C)CCCC(C)C)[C@@]1(C)CCC2=C(CCC3C(C)(C)[C@@H](O)CC[C@]23C)[C@@]1(C)O)OC. The molecule has 1 fully saturated rings. The van der Waals surface area contributed by atoms with Crippen molar-refractivity contribution in [2.75, 3.05) is 14.2 Å². The maximum Gasteiger partial charge on any atom is 0.157 e. The van der Waals surface area contributed by atoms with Crippen molar-refractivity contribution < 1.29 is 19.7 Å². The van der Waals surface area contributed by atoms with Crippen LogP contribution >= 0.6 is 0 Å². The average molecular weight is 507 g/mol. The fourth-order valence-electron chi connectivity index (χ4n) is 9.03. The van der Waals surface area contributed by atoms with Crippen molar-refractivity contribution in [3.8, 4) is 0 Å². The zero-order valence-electron chi connectivity index (χ0n) is 25.2. The van der Waals surface area contributed by atoms with Gasteiger partial charge in [0, 0.05) is 26.1 Å². The zero-order chi connectivity index (χ0) is 27.1. The first-order valence-electron chi connectivity index (χ1n) is 14.9. The van der Waals surface area contributed by atoms with Crippen LogP contribution in [0, 0.1) is 39.9 Å². The highest BCUT2D eigenvalue weighted by Gasteiger charge is 2.61. The van der Waals surface area contributed by atoms with Crippen LogP contribution in [0.5, 0.6) is 0 Å².